The van der Waals surface area contributed by atoms with Gasteiger partial charge in [-0.1, -0.05) is 23.2 Å². The summed E-state index contributed by atoms with van der Waals surface area (Å²) >= 11 is 13.3. The van der Waals surface area contributed by atoms with E-state index in [1.54, 1.807) is 39.4 Å². The van der Waals surface area contributed by atoms with Gasteiger partial charge in [-0.15, -0.1) is 0 Å². The van der Waals surface area contributed by atoms with Gasteiger partial charge in [0.2, 0.25) is 11.8 Å². The fourth-order valence-corrected chi connectivity index (χ4v) is 8.96. The molecule has 0 bridgehead atoms. The first-order valence-corrected chi connectivity index (χ1v) is 19.2. The Hall–Kier alpha value is -4.89. The highest BCUT2D eigenvalue weighted by Crippen LogP contribution is 2.36. The molecule has 0 aromatic carbocycles. The highest BCUT2D eigenvalue weighted by molar-refractivity contribution is 6.31. The number of anilines is 2. The van der Waals surface area contributed by atoms with Crippen LogP contribution >= 0.6 is 23.2 Å². The Labute approximate surface area is 330 Å². The van der Waals surface area contributed by atoms with Crippen molar-refractivity contribution in [3.63, 3.8) is 0 Å². The van der Waals surface area contributed by atoms with E-state index >= 15 is 0 Å². The van der Waals surface area contributed by atoms with Crippen LogP contribution in [0.1, 0.15) is 52.2 Å². The second-order valence-electron chi connectivity index (χ2n) is 15.2. The van der Waals surface area contributed by atoms with Gasteiger partial charge in [0, 0.05) is 107 Å². The van der Waals surface area contributed by atoms with Crippen LogP contribution in [0.2, 0.25) is 10.0 Å². The van der Waals surface area contributed by atoms with Crippen molar-refractivity contribution in [2.45, 2.75) is 65.1 Å². The van der Waals surface area contributed by atoms with Crippen molar-refractivity contribution in [1.82, 2.24) is 28.9 Å². The second-order valence-corrected chi connectivity index (χ2v) is 16.0. The highest BCUT2D eigenvalue weighted by atomic mass is 35.5. The van der Waals surface area contributed by atoms with Crippen molar-refractivity contribution >= 4 is 46.4 Å². The number of rotatable bonds is 9. The number of fused-ring (bicyclic) bond motifs is 2. The third-order valence-corrected chi connectivity index (χ3v) is 12.5. The van der Waals surface area contributed by atoms with Crippen molar-refractivity contribution in [2.75, 3.05) is 36.0 Å². The van der Waals surface area contributed by atoms with Crippen LogP contribution in [0.15, 0.2) is 52.4 Å². The van der Waals surface area contributed by atoms with Gasteiger partial charge in [-0.25, -0.2) is 0 Å². The Morgan fingerprint density at radius 3 is 2.07 bits per heavy atom. The van der Waals surface area contributed by atoms with E-state index in [2.05, 4.69) is 14.9 Å². The maximum atomic E-state index is 13.7. The van der Waals surface area contributed by atoms with Crippen LogP contribution in [-0.2, 0) is 62.0 Å². The van der Waals surface area contributed by atoms with E-state index in [4.69, 9.17) is 23.2 Å². The molecule has 4 aliphatic rings. The lowest BCUT2D eigenvalue weighted by molar-refractivity contribution is -0.141. The van der Waals surface area contributed by atoms with Crippen molar-refractivity contribution in [2.24, 2.45) is 18.9 Å². The minimum absolute atomic E-state index is 0.00163. The van der Waals surface area contributed by atoms with Crippen LogP contribution in [0.3, 0.4) is 0 Å². The molecule has 0 N–H and O–H groups in total. The molecule has 2 saturated heterocycles. The fourth-order valence-electron chi connectivity index (χ4n) is 8.41. The first-order valence-electron chi connectivity index (χ1n) is 18.5. The van der Waals surface area contributed by atoms with Gasteiger partial charge in [-0.05, 0) is 59.9 Å². The molecule has 4 aliphatic heterocycles. The number of halogens is 5. The smallest absolute Gasteiger partial charge is 0.371 e. The highest BCUT2D eigenvalue weighted by Gasteiger charge is 2.38. The second kappa shape index (κ2) is 14.6. The lowest BCUT2D eigenvalue weighted by atomic mass is 9.95. The summed E-state index contributed by atoms with van der Waals surface area (Å²) in [5.74, 6) is 0.0241. The van der Waals surface area contributed by atoms with Gasteiger partial charge >= 0.3 is 6.18 Å². The maximum Gasteiger partial charge on any atom is 0.433 e. The minimum Gasteiger partial charge on any atom is -0.371 e. The number of carbonyl (C=O) groups excluding carboxylic acids is 2. The standard InChI is InChI=1S/C39H39Cl2F3N8O4/c1-22-28-18-50(33(53)10-23-14-48(15-23)25-5-8-46-32(12-25)39(42,43)44)21-31(28)52(38(56)35(22)40)9-6-27-29-19-51(20-30(29)47(2)37(55)36(27)41)34(54)11-24-16-49(17-24)26-4-3-7-45-13-26/h3-5,7-8,12-13,23-24H,6,9-11,14-21H2,1-2H3. The maximum absolute atomic E-state index is 13.7. The molecule has 56 heavy (non-hydrogen) atoms. The van der Waals surface area contributed by atoms with Gasteiger partial charge in [0.15, 0.2) is 0 Å². The number of alkyl halides is 3. The van der Waals surface area contributed by atoms with E-state index in [0.29, 0.717) is 54.3 Å². The molecule has 8 rings (SSSR count). The number of nitrogens with zero attached hydrogens (tertiary/aromatic N) is 8. The Kier molecular flexibility index (Phi) is 9.88. The zero-order chi connectivity index (χ0) is 39.6. The van der Waals surface area contributed by atoms with Crippen LogP contribution in [0.5, 0.6) is 0 Å². The predicted molar refractivity (Wildman–Crippen MR) is 203 cm³/mol. The fraction of sp³-hybridized carbons (Fsp3) is 0.436. The number of pyridine rings is 4. The monoisotopic (exact) mass is 810 g/mol. The van der Waals surface area contributed by atoms with Crippen molar-refractivity contribution in [1.29, 1.82) is 0 Å². The molecule has 0 saturated carbocycles. The van der Waals surface area contributed by atoms with Crippen LogP contribution < -0.4 is 20.9 Å². The number of hydrogen-bond acceptors (Lipinski definition) is 8. The first kappa shape index (κ1) is 38.0. The molecule has 0 unspecified atom stereocenters. The number of carbonyl (C=O) groups is 2. The largest absolute Gasteiger partial charge is 0.433 e. The zero-order valence-electron chi connectivity index (χ0n) is 30.8. The van der Waals surface area contributed by atoms with Gasteiger partial charge in [0.1, 0.15) is 15.7 Å². The molecule has 17 heteroatoms. The Morgan fingerprint density at radius 1 is 0.821 bits per heavy atom. The summed E-state index contributed by atoms with van der Waals surface area (Å²) in [6.07, 6.45) is 0.930. The zero-order valence-corrected chi connectivity index (χ0v) is 32.3. The Balaban J connectivity index is 0.933. The number of hydrogen-bond donors (Lipinski definition) is 0. The molecule has 0 atom stereocenters. The van der Waals surface area contributed by atoms with Gasteiger partial charge in [-0.2, -0.15) is 13.2 Å². The summed E-state index contributed by atoms with van der Waals surface area (Å²) in [6, 6.07) is 6.42. The van der Waals surface area contributed by atoms with E-state index in [1.807, 2.05) is 18.3 Å². The lowest BCUT2D eigenvalue weighted by Gasteiger charge is -2.41. The van der Waals surface area contributed by atoms with Crippen molar-refractivity contribution < 1.29 is 22.8 Å². The van der Waals surface area contributed by atoms with Crippen LogP contribution in [0.4, 0.5) is 24.5 Å². The molecule has 2 amide bonds. The molecule has 4 aromatic rings. The summed E-state index contributed by atoms with van der Waals surface area (Å²) in [4.78, 5) is 69.0. The topological polar surface area (TPSA) is 117 Å². The van der Waals surface area contributed by atoms with E-state index < -0.39 is 17.4 Å². The third kappa shape index (κ3) is 6.93. The molecular weight excluding hydrogens is 772 g/mol. The van der Waals surface area contributed by atoms with Gasteiger partial charge < -0.3 is 28.7 Å². The Bertz CT molecular complexity index is 2360. The van der Waals surface area contributed by atoms with Crippen molar-refractivity contribution in [3.05, 3.63) is 113 Å². The van der Waals surface area contributed by atoms with E-state index in [1.165, 1.54) is 10.6 Å². The average molecular weight is 812 g/mol. The van der Waals surface area contributed by atoms with Gasteiger partial charge in [-0.3, -0.25) is 29.1 Å². The third-order valence-electron chi connectivity index (χ3n) is 11.7. The number of amides is 2. The molecule has 0 aliphatic carbocycles. The summed E-state index contributed by atoms with van der Waals surface area (Å²) in [6.45, 7) is 5.30. The van der Waals surface area contributed by atoms with Crippen molar-refractivity contribution in [3.8, 4) is 0 Å². The average Bonchev–Trinajstić information content (AvgIpc) is 3.80. The molecule has 8 heterocycles. The summed E-state index contributed by atoms with van der Waals surface area (Å²) in [7, 11) is 1.65. The Morgan fingerprint density at radius 2 is 1.45 bits per heavy atom. The summed E-state index contributed by atoms with van der Waals surface area (Å²) in [5.41, 5.74) is 3.82. The van der Waals surface area contributed by atoms with Crippen LogP contribution in [0, 0.1) is 18.8 Å². The summed E-state index contributed by atoms with van der Waals surface area (Å²) in [5, 5.41) is 0.0979. The lowest BCUT2D eigenvalue weighted by Crippen LogP contribution is -2.48. The minimum atomic E-state index is -4.55. The molecular formula is C39H39Cl2F3N8O4. The summed E-state index contributed by atoms with van der Waals surface area (Å²) < 4.78 is 42.6. The molecule has 0 spiro atoms. The van der Waals surface area contributed by atoms with E-state index in [-0.39, 0.29) is 78.3 Å². The van der Waals surface area contributed by atoms with Crippen LogP contribution in [-0.4, -0.2) is 66.9 Å². The van der Waals surface area contributed by atoms with E-state index in [0.717, 1.165) is 42.2 Å². The molecule has 294 valence electrons. The normalized spacial score (nSPS) is 16.9. The molecule has 2 fully saturated rings. The number of aromatic nitrogens is 4. The molecule has 12 nitrogen and oxygen atoms in total. The van der Waals surface area contributed by atoms with Gasteiger partial charge in [0.05, 0.1) is 25.0 Å². The quantitative estimate of drug-likeness (QED) is 0.233. The van der Waals surface area contributed by atoms with Crippen LogP contribution in [0.25, 0.3) is 0 Å². The first-order chi connectivity index (χ1) is 26.7. The molecule has 0 radical (unpaired) electrons. The predicted octanol–water partition coefficient (Wildman–Crippen LogP) is 4.95. The van der Waals surface area contributed by atoms with Gasteiger partial charge in [0.25, 0.3) is 11.1 Å². The molecule has 4 aromatic heterocycles. The SMILES string of the molecule is Cc1c2c(n(CCc3c4c(n(C)c(=O)c3Cl)CN(C(=O)CC3CN(c5cccnc5)C3)C4)c(=O)c1Cl)CN(C(=O)CC1CN(c3ccnc(C(F)(F)F)c3)C1)C2. The van der Waals surface area contributed by atoms with E-state index in [9.17, 15) is 32.3 Å².